The molecule has 1 heterocycles. The predicted octanol–water partition coefficient (Wildman–Crippen LogP) is 2.53. The second-order valence-electron chi connectivity index (χ2n) is 3.49. The molecular formula is C11H11BrFN3O. The van der Waals surface area contributed by atoms with E-state index >= 15 is 0 Å². The lowest BCUT2D eigenvalue weighted by molar-refractivity contribution is 0.495. The van der Waals surface area contributed by atoms with Crippen LogP contribution in [-0.2, 0) is 6.42 Å². The van der Waals surface area contributed by atoms with Crippen LogP contribution in [0.1, 0.15) is 12.3 Å². The zero-order valence-corrected chi connectivity index (χ0v) is 10.6. The lowest BCUT2D eigenvalue weighted by Gasteiger charge is -1.98. The largest absolute Gasteiger partial charge is 0.421 e. The third-order valence-electron chi connectivity index (χ3n) is 2.24. The average molecular weight is 300 g/mol. The van der Waals surface area contributed by atoms with E-state index < -0.39 is 5.82 Å². The molecule has 2 rings (SSSR count). The van der Waals surface area contributed by atoms with Crippen LogP contribution in [0.3, 0.4) is 0 Å². The lowest BCUT2D eigenvalue weighted by Crippen LogP contribution is -2.00. The topological polar surface area (TPSA) is 64.9 Å². The quantitative estimate of drug-likeness (QED) is 0.942. The number of benzene rings is 1. The minimum absolute atomic E-state index is 0.191. The molecule has 0 spiro atoms. The first-order valence-corrected chi connectivity index (χ1v) is 5.98. The molecule has 0 aliphatic heterocycles. The Morgan fingerprint density at radius 1 is 1.35 bits per heavy atom. The average Bonchev–Trinajstić information content (AvgIpc) is 2.78. The summed E-state index contributed by atoms with van der Waals surface area (Å²) in [4.78, 5) is 0. The fourth-order valence-corrected chi connectivity index (χ4v) is 1.75. The summed E-state index contributed by atoms with van der Waals surface area (Å²) in [5, 5.41) is 7.67. The zero-order valence-electron chi connectivity index (χ0n) is 8.99. The van der Waals surface area contributed by atoms with Crippen molar-refractivity contribution in [3.63, 3.8) is 0 Å². The summed E-state index contributed by atoms with van der Waals surface area (Å²) >= 11 is 3.11. The Labute approximate surface area is 106 Å². The summed E-state index contributed by atoms with van der Waals surface area (Å²) in [6.45, 7) is 0.558. The number of aromatic nitrogens is 2. The maximum atomic E-state index is 13.8. The van der Waals surface area contributed by atoms with Gasteiger partial charge in [0.05, 0.1) is 10.0 Å². The van der Waals surface area contributed by atoms with E-state index in [0.717, 1.165) is 6.42 Å². The summed E-state index contributed by atoms with van der Waals surface area (Å²) in [6.07, 6.45) is 1.38. The summed E-state index contributed by atoms with van der Waals surface area (Å²) in [5.74, 6) is 0.266. The van der Waals surface area contributed by atoms with Gasteiger partial charge in [-0.25, -0.2) is 4.39 Å². The van der Waals surface area contributed by atoms with Crippen LogP contribution in [-0.4, -0.2) is 16.7 Å². The molecule has 4 nitrogen and oxygen atoms in total. The maximum Gasteiger partial charge on any atom is 0.250 e. The van der Waals surface area contributed by atoms with E-state index in [2.05, 4.69) is 26.1 Å². The fourth-order valence-electron chi connectivity index (χ4n) is 1.39. The summed E-state index contributed by atoms with van der Waals surface area (Å²) in [6, 6.07) is 4.93. The highest BCUT2D eigenvalue weighted by Gasteiger charge is 2.14. The van der Waals surface area contributed by atoms with E-state index in [1.54, 1.807) is 18.2 Å². The van der Waals surface area contributed by atoms with Gasteiger partial charge in [-0.15, -0.1) is 10.2 Å². The van der Waals surface area contributed by atoms with Crippen molar-refractivity contribution in [2.45, 2.75) is 12.8 Å². The van der Waals surface area contributed by atoms with Crippen molar-refractivity contribution in [1.82, 2.24) is 10.2 Å². The molecule has 6 heteroatoms. The third-order valence-corrected chi connectivity index (χ3v) is 2.86. The molecule has 2 N–H and O–H groups in total. The number of nitrogens with two attached hydrogens (primary N) is 1. The number of halogens is 2. The van der Waals surface area contributed by atoms with E-state index in [0.29, 0.717) is 28.9 Å². The van der Waals surface area contributed by atoms with Gasteiger partial charge in [-0.3, -0.25) is 0 Å². The molecule has 0 radical (unpaired) electrons. The molecule has 1 aromatic carbocycles. The molecule has 0 aliphatic carbocycles. The SMILES string of the molecule is NCCCc1nnc(-c2cccc(Br)c2F)o1. The van der Waals surface area contributed by atoms with Crippen LogP contribution in [0, 0.1) is 5.82 Å². The van der Waals surface area contributed by atoms with E-state index in [9.17, 15) is 4.39 Å². The van der Waals surface area contributed by atoms with Crippen LogP contribution in [0.4, 0.5) is 4.39 Å². The van der Waals surface area contributed by atoms with Crippen LogP contribution < -0.4 is 5.73 Å². The second-order valence-corrected chi connectivity index (χ2v) is 4.35. The Morgan fingerprint density at radius 3 is 2.94 bits per heavy atom. The first-order chi connectivity index (χ1) is 8.22. The fraction of sp³-hybridized carbons (Fsp3) is 0.273. The van der Waals surface area contributed by atoms with Gasteiger partial charge in [0.15, 0.2) is 0 Å². The van der Waals surface area contributed by atoms with Crippen molar-refractivity contribution in [3.8, 4) is 11.5 Å². The first-order valence-electron chi connectivity index (χ1n) is 5.19. The Kier molecular flexibility index (Phi) is 3.86. The number of hydrogen-bond donors (Lipinski definition) is 1. The van der Waals surface area contributed by atoms with Gasteiger partial charge < -0.3 is 10.2 Å². The highest BCUT2D eigenvalue weighted by atomic mass is 79.9. The van der Waals surface area contributed by atoms with E-state index in [1.807, 2.05) is 0 Å². The molecule has 2 aromatic rings. The van der Waals surface area contributed by atoms with Crippen molar-refractivity contribution >= 4 is 15.9 Å². The van der Waals surface area contributed by atoms with E-state index in [-0.39, 0.29) is 5.89 Å². The molecule has 0 saturated carbocycles. The molecule has 1 aromatic heterocycles. The Bertz CT molecular complexity index is 515. The monoisotopic (exact) mass is 299 g/mol. The van der Waals surface area contributed by atoms with Crippen LogP contribution in [0.5, 0.6) is 0 Å². The first kappa shape index (κ1) is 12.2. The maximum absolute atomic E-state index is 13.8. The van der Waals surface area contributed by atoms with Gasteiger partial charge in [-0.2, -0.15) is 0 Å². The third kappa shape index (κ3) is 2.70. The molecule has 0 unspecified atom stereocenters. The smallest absolute Gasteiger partial charge is 0.250 e. The van der Waals surface area contributed by atoms with Crippen LogP contribution in [0.25, 0.3) is 11.5 Å². The van der Waals surface area contributed by atoms with Gasteiger partial charge in [0.25, 0.3) is 5.89 Å². The molecule has 0 fully saturated rings. The van der Waals surface area contributed by atoms with Crippen molar-refractivity contribution in [2.75, 3.05) is 6.54 Å². The Hall–Kier alpha value is -1.27. The van der Waals surface area contributed by atoms with Gasteiger partial charge >= 0.3 is 0 Å². The lowest BCUT2D eigenvalue weighted by atomic mass is 10.2. The predicted molar refractivity (Wildman–Crippen MR) is 64.8 cm³/mol. The molecule has 0 aliphatic rings. The zero-order chi connectivity index (χ0) is 12.3. The molecular weight excluding hydrogens is 289 g/mol. The highest BCUT2D eigenvalue weighted by molar-refractivity contribution is 9.10. The number of rotatable bonds is 4. The molecule has 90 valence electrons. The van der Waals surface area contributed by atoms with Crippen molar-refractivity contribution < 1.29 is 8.81 Å². The molecule has 0 atom stereocenters. The van der Waals surface area contributed by atoms with E-state index in [1.165, 1.54) is 0 Å². The highest BCUT2D eigenvalue weighted by Crippen LogP contribution is 2.26. The summed E-state index contributed by atoms with van der Waals surface area (Å²) < 4.78 is 19.5. The van der Waals surface area contributed by atoms with Gasteiger partial charge in [0.2, 0.25) is 5.89 Å². The Balaban J connectivity index is 2.27. The number of hydrogen-bond acceptors (Lipinski definition) is 4. The van der Waals surface area contributed by atoms with Crippen LogP contribution in [0.15, 0.2) is 27.1 Å². The molecule has 0 amide bonds. The normalized spacial score (nSPS) is 10.8. The molecule has 0 saturated heterocycles. The van der Waals surface area contributed by atoms with Gasteiger partial charge in [0.1, 0.15) is 5.82 Å². The van der Waals surface area contributed by atoms with E-state index in [4.69, 9.17) is 10.2 Å². The summed E-state index contributed by atoms with van der Waals surface area (Å²) in [5.41, 5.74) is 5.68. The Morgan fingerprint density at radius 2 is 2.18 bits per heavy atom. The number of nitrogens with zero attached hydrogens (tertiary/aromatic N) is 2. The van der Waals surface area contributed by atoms with Crippen LogP contribution in [0.2, 0.25) is 0 Å². The van der Waals surface area contributed by atoms with Crippen molar-refractivity contribution in [2.24, 2.45) is 5.73 Å². The standard InChI is InChI=1S/C11H11BrFN3O/c12-8-4-1-3-7(10(8)13)11-16-15-9(17-11)5-2-6-14/h1,3-4H,2,5-6,14H2. The number of aryl methyl sites for hydroxylation is 1. The van der Waals surface area contributed by atoms with Crippen LogP contribution >= 0.6 is 15.9 Å². The van der Waals surface area contributed by atoms with Gasteiger partial charge in [-0.05, 0) is 41.0 Å². The van der Waals surface area contributed by atoms with Crippen molar-refractivity contribution in [3.05, 3.63) is 34.4 Å². The van der Waals surface area contributed by atoms with Crippen molar-refractivity contribution in [1.29, 1.82) is 0 Å². The minimum atomic E-state index is -0.401. The van der Waals surface area contributed by atoms with Gasteiger partial charge in [-0.1, -0.05) is 6.07 Å². The second kappa shape index (κ2) is 5.37. The molecule has 0 bridgehead atoms. The minimum Gasteiger partial charge on any atom is -0.421 e. The van der Waals surface area contributed by atoms with Gasteiger partial charge in [0, 0.05) is 6.42 Å². The molecule has 17 heavy (non-hydrogen) atoms. The summed E-state index contributed by atoms with van der Waals surface area (Å²) in [7, 11) is 0.